The zero-order valence-electron chi connectivity index (χ0n) is 15.7. The van der Waals surface area contributed by atoms with Crippen LogP contribution in [0.3, 0.4) is 0 Å². The molecule has 8 nitrogen and oxygen atoms in total. The topological polar surface area (TPSA) is 101 Å². The average molecular weight is 404 g/mol. The predicted octanol–water partition coefficient (Wildman–Crippen LogP) is 2.21. The number of anilines is 1. The first-order valence-electron chi connectivity index (χ1n) is 9.05. The maximum absolute atomic E-state index is 12.6. The van der Waals surface area contributed by atoms with Crippen molar-refractivity contribution < 1.29 is 17.9 Å². The Morgan fingerprint density at radius 3 is 2.89 bits per heavy atom. The quantitative estimate of drug-likeness (QED) is 0.769. The van der Waals surface area contributed by atoms with Crippen LogP contribution in [0.4, 0.5) is 10.5 Å². The molecule has 1 aliphatic heterocycles. The normalized spacial score (nSPS) is 17.2. The zero-order valence-corrected chi connectivity index (χ0v) is 16.5. The Hall–Kier alpha value is -2.65. The third-order valence-corrected chi connectivity index (χ3v) is 5.05. The van der Waals surface area contributed by atoms with Crippen molar-refractivity contribution in [2.45, 2.75) is 25.5 Å². The van der Waals surface area contributed by atoms with E-state index in [-0.39, 0.29) is 12.1 Å². The lowest BCUT2D eigenvalue weighted by molar-refractivity contribution is 0.190. The van der Waals surface area contributed by atoms with Gasteiger partial charge in [-0.2, -0.15) is 0 Å². The van der Waals surface area contributed by atoms with Gasteiger partial charge >= 0.3 is 6.03 Å². The number of likely N-dealkylation sites (tertiary alicyclic amines) is 1. The molecule has 0 radical (unpaired) electrons. The molecule has 0 bridgehead atoms. The highest BCUT2D eigenvalue weighted by Crippen LogP contribution is 2.20. The molecule has 3 rings (SSSR count). The predicted molar refractivity (Wildman–Crippen MR) is 107 cm³/mol. The van der Waals surface area contributed by atoms with Crippen LogP contribution in [0.2, 0.25) is 0 Å². The minimum absolute atomic E-state index is 0.262. The maximum Gasteiger partial charge on any atom is 0.321 e. The van der Waals surface area contributed by atoms with Crippen LogP contribution < -0.4 is 14.8 Å². The highest BCUT2D eigenvalue weighted by atomic mass is 32.2. The molecule has 9 heteroatoms. The number of piperidine rings is 1. The molecule has 1 aromatic carbocycles. The minimum atomic E-state index is -3.30. The van der Waals surface area contributed by atoms with E-state index in [0.717, 1.165) is 18.4 Å². The van der Waals surface area contributed by atoms with Crippen LogP contribution in [-0.2, 0) is 16.6 Å². The summed E-state index contributed by atoms with van der Waals surface area (Å²) in [6.45, 7) is 1.27. The van der Waals surface area contributed by atoms with Gasteiger partial charge in [-0.1, -0.05) is 12.1 Å². The number of nitrogens with one attached hydrogen (secondary N) is 2. The van der Waals surface area contributed by atoms with Crippen LogP contribution in [0.1, 0.15) is 18.5 Å². The van der Waals surface area contributed by atoms with Crippen molar-refractivity contribution in [3.8, 4) is 5.75 Å². The maximum atomic E-state index is 12.6. The Morgan fingerprint density at radius 1 is 1.29 bits per heavy atom. The van der Waals surface area contributed by atoms with E-state index in [1.54, 1.807) is 29.3 Å². The van der Waals surface area contributed by atoms with Gasteiger partial charge < -0.3 is 15.0 Å². The number of benzene rings is 1. The smallest absolute Gasteiger partial charge is 0.321 e. The van der Waals surface area contributed by atoms with Gasteiger partial charge in [0.15, 0.2) is 0 Å². The molecule has 150 valence electrons. The molecule has 2 heterocycles. The van der Waals surface area contributed by atoms with Crippen LogP contribution in [-0.4, -0.2) is 49.7 Å². The summed E-state index contributed by atoms with van der Waals surface area (Å²) in [5.41, 5.74) is 1.43. The number of urea groups is 1. The summed E-state index contributed by atoms with van der Waals surface area (Å²) < 4.78 is 31.1. The number of amides is 2. The zero-order chi connectivity index (χ0) is 20.0. The molecule has 0 unspecified atom stereocenters. The van der Waals surface area contributed by atoms with Crippen molar-refractivity contribution in [1.82, 2.24) is 14.6 Å². The largest absolute Gasteiger partial charge is 0.487 e. The first-order valence-corrected chi connectivity index (χ1v) is 10.9. The van der Waals surface area contributed by atoms with E-state index < -0.39 is 10.0 Å². The third kappa shape index (κ3) is 6.21. The van der Waals surface area contributed by atoms with Crippen LogP contribution >= 0.6 is 0 Å². The molecule has 2 N–H and O–H groups in total. The first-order chi connectivity index (χ1) is 13.4. The fourth-order valence-electron chi connectivity index (χ4n) is 3.07. The number of aromatic nitrogens is 1. The second-order valence-electron chi connectivity index (χ2n) is 6.74. The summed E-state index contributed by atoms with van der Waals surface area (Å²) in [5.74, 6) is 0.624. The van der Waals surface area contributed by atoms with Gasteiger partial charge in [0.1, 0.15) is 12.4 Å². The molecular formula is C19H24N4O4S. The number of carbonyl (C=O) groups excluding carboxylic acids is 1. The van der Waals surface area contributed by atoms with Gasteiger partial charge in [0.2, 0.25) is 10.0 Å². The number of nitrogens with zero attached hydrogens (tertiary/aromatic N) is 2. The molecule has 2 amide bonds. The second kappa shape index (κ2) is 9.03. The van der Waals surface area contributed by atoms with Gasteiger partial charge in [0.05, 0.1) is 11.9 Å². The van der Waals surface area contributed by atoms with Crippen LogP contribution in [0.25, 0.3) is 0 Å². The number of ether oxygens (including phenoxy) is 1. The van der Waals surface area contributed by atoms with E-state index in [2.05, 4.69) is 15.0 Å². The van der Waals surface area contributed by atoms with Crippen molar-refractivity contribution in [2.75, 3.05) is 24.7 Å². The van der Waals surface area contributed by atoms with Crippen molar-refractivity contribution in [2.24, 2.45) is 0 Å². The summed E-state index contributed by atoms with van der Waals surface area (Å²) in [6.07, 6.45) is 4.30. The van der Waals surface area contributed by atoms with Crippen molar-refractivity contribution in [3.63, 3.8) is 0 Å². The number of sulfonamides is 1. The van der Waals surface area contributed by atoms with Crippen molar-refractivity contribution in [1.29, 1.82) is 0 Å². The van der Waals surface area contributed by atoms with E-state index in [0.29, 0.717) is 37.6 Å². The lowest BCUT2D eigenvalue weighted by Gasteiger charge is -2.32. The second-order valence-corrected chi connectivity index (χ2v) is 8.52. The van der Waals surface area contributed by atoms with Gasteiger partial charge in [-0.15, -0.1) is 0 Å². The Labute approximate surface area is 165 Å². The standard InChI is InChI=1S/C19H24N4O4S/c1-28(25,26)22-16-8-5-11-23(13-16)19(24)21-15-7-4-9-18(12-15)27-14-17-6-2-3-10-20-17/h2-4,6-7,9-10,12,16,22H,5,8,11,13-14H2,1H3,(H,21,24)/t16-/m0/s1. The van der Waals surface area contributed by atoms with E-state index >= 15 is 0 Å². The molecule has 0 saturated carbocycles. The highest BCUT2D eigenvalue weighted by Gasteiger charge is 2.25. The van der Waals surface area contributed by atoms with Gasteiger partial charge in [0.25, 0.3) is 0 Å². The number of pyridine rings is 1. The van der Waals surface area contributed by atoms with E-state index in [9.17, 15) is 13.2 Å². The molecule has 1 fully saturated rings. The van der Waals surface area contributed by atoms with E-state index in [1.165, 1.54) is 0 Å². The summed E-state index contributed by atoms with van der Waals surface area (Å²) in [7, 11) is -3.30. The van der Waals surface area contributed by atoms with Crippen molar-refractivity contribution >= 4 is 21.7 Å². The van der Waals surface area contributed by atoms with E-state index in [4.69, 9.17) is 4.74 Å². The van der Waals surface area contributed by atoms with Gasteiger partial charge in [-0.05, 0) is 37.1 Å². The third-order valence-electron chi connectivity index (χ3n) is 4.29. The molecule has 1 aromatic heterocycles. The summed E-state index contributed by atoms with van der Waals surface area (Å²) in [4.78, 5) is 18.4. The Bertz CT molecular complexity index is 905. The molecule has 0 spiro atoms. The molecule has 1 saturated heterocycles. The Morgan fingerprint density at radius 2 is 2.14 bits per heavy atom. The highest BCUT2D eigenvalue weighted by molar-refractivity contribution is 7.88. The lowest BCUT2D eigenvalue weighted by atomic mass is 10.1. The molecule has 1 aliphatic rings. The van der Waals surface area contributed by atoms with Crippen LogP contribution in [0.15, 0.2) is 48.7 Å². The SMILES string of the molecule is CS(=O)(=O)N[C@H]1CCCN(C(=O)Nc2cccc(OCc3ccccn3)c2)C1. The molecule has 2 aromatic rings. The summed E-state index contributed by atoms with van der Waals surface area (Å²) in [5, 5.41) is 2.85. The fourth-order valence-corrected chi connectivity index (χ4v) is 3.87. The number of rotatable bonds is 6. The fraction of sp³-hybridized carbons (Fsp3) is 0.368. The number of hydrogen-bond donors (Lipinski definition) is 2. The first kappa shape index (κ1) is 20.1. The van der Waals surface area contributed by atoms with Gasteiger partial charge in [-0.25, -0.2) is 17.9 Å². The molecule has 0 aliphatic carbocycles. The molecule has 28 heavy (non-hydrogen) atoms. The van der Waals surface area contributed by atoms with E-state index in [1.807, 2.05) is 24.3 Å². The minimum Gasteiger partial charge on any atom is -0.487 e. The average Bonchev–Trinajstić information content (AvgIpc) is 2.66. The van der Waals surface area contributed by atoms with Crippen LogP contribution in [0, 0.1) is 0 Å². The lowest BCUT2D eigenvalue weighted by Crippen LogP contribution is -2.50. The number of carbonyl (C=O) groups is 1. The monoisotopic (exact) mass is 404 g/mol. The molecule has 1 atom stereocenters. The summed E-state index contributed by atoms with van der Waals surface area (Å²) in [6, 6.07) is 12.2. The van der Waals surface area contributed by atoms with Crippen molar-refractivity contribution in [3.05, 3.63) is 54.4 Å². The summed E-state index contributed by atoms with van der Waals surface area (Å²) >= 11 is 0. The van der Waals surface area contributed by atoms with Gasteiger partial charge in [0, 0.05) is 37.1 Å². The van der Waals surface area contributed by atoms with Gasteiger partial charge in [-0.3, -0.25) is 4.98 Å². The van der Waals surface area contributed by atoms with Crippen LogP contribution in [0.5, 0.6) is 5.75 Å². The molecular weight excluding hydrogens is 380 g/mol. The Kier molecular flexibility index (Phi) is 6.48. The number of hydrogen-bond acceptors (Lipinski definition) is 5. The Balaban J connectivity index is 1.56.